The fourth-order valence-corrected chi connectivity index (χ4v) is 2.11. The molecule has 0 radical (unpaired) electrons. The van der Waals surface area contributed by atoms with E-state index >= 15 is 0 Å². The molecular formula is C17H14ClN3O2. The second kappa shape index (κ2) is 7.43. The van der Waals surface area contributed by atoms with Crippen molar-refractivity contribution in [1.29, 1.82) is 5.26 Å². The molecule has 0 heterocycles. The van der Waals surface area contributed by atoms with Crippen LogP contribution in [0.3, 0.4) is 0 Å². The standard InChI is InChI=1S/C17H14ClN3O2/c1-11-6-7-12(10-14(11)18)20-17(23)13-4-2-3-5-15(13)21-16(22)8-9-19/h2-7,10H,8H2,1H3,(H,20,23)(H,21,22). The van der Waals surface area contributed by atoms with E-state index in [4.69, 9.17) is 16.9 Å². The molecule has 6 heteroatoms. The van der Waals surface area contributed by atoms with E-state index in [1.54, 1.807) is 48.5 Å². The lowest BCUT2D eigenvalue weighted by atomic mass is 10.1. The van der Waals surface area contributed by atoms with Gasteiger partial charge in [-0.25, -0.2) is 0 Å². The summed E-state index contributed by atoms with van der Waals surface area (Å²) >= 11 is 6.04. The molecule has 0 fully saturated rings. The van der Waals surface area contributed by atoms with Gasteiger partial charge in [-0.2, -0.15) is 5.26 Å². The molecule has 0 bridgehead atoms. The van der Waals surface area contributed by atoms with Crippen LogP contribution in [-0.4, -0.2) is 11.8 Å². The van der Waals surface area contributed by atoms with Gasteiger partial charge in [0.05, 0.1) is 17.3 Å². The summed E-state index contributed by atoms with van der Waals surface area (Å²) in [7, 11) is 0. The van der Waals surface area contributed by atoms with E-state index in [1.165, 1.54) is 0 Å². The minimum absolute atomic E-state index is 0.274. The molecule has 2 N–H and O–H groups in total. The second-order valence-electron chi connectivity index (χ2n) is 4.85. The summed E-state index contributed by atoms with van der Waals surface area (Å²) in [4.78, 5) is 23.9. The largest absolute Gasteiger partial charge is 0.324 e. The van der Waals surface area contributed by atoms with Crippen LogP contribution in [0.5, 0.6) is 0 Å². The lowest BCUT2D eigenvalue weighted by molar-refractivity contribution is -0.115. The topological polar surface area (TPSA) is 82.0 Å². The molecule has 0 atom stereocenters. The number of nitriles is 1. The zero-order chi connectivity index (χ0) is 16.8. The van der Waals surface area contributed by atoms with Crippen LogP contribution in [0.4, 0.5) is 11.4 Å². The van der Waals surface area contributed by atoms with Crippen molar-refractivity contribution in [2.75, 3.05) is 10.6 Å². The number of nitrogens with one attached hydrogen (secondary N) is 2. The van der Waals surface area contributed by atoms with E-state index in [9.17, 15) is 9.59 Å². The number of benzene rings is 2. The van der Waals surface area contributed by atoms with Gasteiger partial charge in [0.1, 0.15) is 6.42 Å². The maximum Gasteiger partial charge on any atom is 0.257 e. The number of nitrogens with zero attached hydrogens (tertiary/aromatic N) is 1. The summed E-state index contributed by atoms with van der Waals surface area (Å²) < 4.78 is 0. The van der Waals surface area contributed by atoms with Gasteiger partial charge in [0.15, 0.2) is 0 Å². The number of hydrogen-bond donors (Lipinski definition) is 2. The Morgan fingerprint density at radius 3 is 2.61 bits per heavy atom. The third-order valence-corrected chi connectivity index (χ3v) is 3.52. The van der Waals surface area contributed by atoms with Gasteiger partial charge in [0, 0.05) is 10.7 Å². The Labute approximate surface area is 138 Å². The van der Waals surface area contributed by atoms with Crippen molar-refractivity contribution in [2.45, 2.75) is 13.3 Å². The molecule has 5 nitrogen and oxygen atoms in total. The minimum Gasteiger partial charge on any atom is -0.324 e. The van der Waals surface area contributed by atoms with Gasteiger partial charge >= 0.3 is 0 Å². The van der Waals surface area contributed by atoms with E-state index in [0.29, 0.717) is 22.0 Å². The van der Waals surface area contributed by atoms with Crippen LogP contribution >= 0.6 is 11.6 Å². The van der Waals surface area contributed by atoms with E-state index < -0.39 is 5.91 Å². The molecule has 0 saturated heterocycles. The Morgan fingerprint density at radius 2 is 1.91 bits per heavy atom. The first kappa shape index (κ1) is 16.5. The molecule has 2 aromatic rings. The summed E-state index contributed by atoms with van der Waals surface area (Å²) in [6, 6.07) is 13.6. The van der Waals surface area contributed by atoms with Gasteiger partial charge in [-0.3, -0.25) is 9.59 Å². The van der Waals surface area contributed by atoms with Crippen LogP contribution in [0.15, 0.2) is 42.5 Å². The van der Waals surface area contributed by atoms with Crippen LogP contribution in [0.25, 0.3) is 0 Å². The normalized spacial score (nSPS) is 9.78. The van der Waals surface area contributed by atoms with Gasteiger partial charge in [-0.15, -0.1) is 0 Å². The number of rotatable bonds is 4. The third-order valence-electron chi connectivity index (χ3n) is 3.12. The van der Waals surface area contributed by atoms with Crippen molar-refractivity contribution in [1.82, 2.24) is 0 Å². The zero-order valence-corrected chi connectivity index (χ0v) is 13.1. The molecule has 0 aromatic heterocycles. The molecular weight excluding hydrogens is 314 g/mol. The minimum atomic E-state index is -0.467. The van der Waals surface area contributed by atoms with Gasteiger partial charge in [-0.1, -0.05) is 29.8 Å². The Bertz CT molecular complexity index is 797. The van der Waals surface area contributed by atoms with Crippen LogP contribution < -0.4 is 10.6 Å². The highest BCUT2D eigenvalue weighted by Crippen LogP contribution is 2.22. The first-order chi connectivity index (χ1) is 11.0. The third kappa shape index (κ3) is 4.31. The lowest BCUT2D eigenvalue weighted by Gasteiger charge is -2.11. The molecule has 0 aliphatic rings. The van der Waals surface area contributed by atoms with Gasteiger partial charge in [-0.05, 0) is 36.8 Å². The van der Waals surface area contributed by atoms with E-state index in [2.05, 4.69) is 10.6 Å². The van der Waals surface area contributed by atoms with Crippen molar-refractivity contribution in [2.24, 2.45) is 0 Å². The van der Waals surface area contributed by atoms with Crippen molar-refractivity contribution in [3.63, 3.8) is 0 Å². The SMILES string of the molecule is Cc1ccc(NC(=O)c2ccccc2NC(=O)CC#N)cc1Cl. The Morgan fingerprint density at radius 1 is 1.17 bits per heavy atom. The zero-order valence-electron chi connectivity index (χ0n) is 12.4. The first-order valence-corrected chi connectivity index (χ1v) is 7.22. The molecule has 116 valence electrons. The second-order valence-corrected chi connectivity index (χ2v) is 5.25. The number of hydrogen-bond acceptors (Lipinski definition) is 3. The molecule has 2 aromatic carbocycles. The lowest BCUT2D eigenvalue weighted by Crippen LogP contribution is -2.17. The predicted molar refractivity (Wildman–Crippen MR) is 89.4 cm³/mol. The number of aryl methyl sites for hydroxylation is 1. The van der Waals surface area contributed by atoms with Crippen molar-refractivity contribution >= 4 is 34.8 Å². The summed E-state index contributed by atoms with van der Waals surface area (Å²) in [6.45, 7) is 1.87. The molecule has 2 rings (SSSR count). The number of halogens is 1. The summed E-state index contributed by atoms with van der Waals surface area (Å²) in [6.07, 6.45) is -0.274. The number of para-hydroxylation sites is 1. The number of carbonyl (C=O) groups is 2. The van der Waals surface area contributed by atoms with Crippen molar-refractivity contribution in [3.05, 3.63) is 58.6 Å². The average molecular weight is 328 g/mol. The van der Waals surface area contributed by atoms with E-state index in [0.717, 1.165) is 5.56 Å². The quantitative estimate of drug-likeness (QED) is 0.897. The highest BCUT2D eigenvalue weighted by Gasteiger charge is 2.13. The van der Waals surface area contributed by atoms with Crippen LogP contribution in [0.1, 0.15) is 22.3 Å². The fraction of sp³-hybridized carbons (Fsp3) is 0.118. The van der Waals surface area contributed by atoms with Crippen LogP contribution in [-0.2, 0) is 4.79 Å². The number of amides is 2. The molecule has 0 unspecified atom stereocenters. The van der Waals surface area contributed by atoms with Gasteiger partial charge < -0.3 is 10.6 Å². The highest BCUT2D eigenvalue weighted by atomic mass is 35.5. The molecule has 2 amide bonds. The maximum absolute atomic E-state index is 12.4. The van der Waals surface area contributed by atoms with Crippen LogP contribution in [0.2, 0.25) is 5.02 Å². The molecule has 23 heavy (non-hydrogen) atoms. The Hall–Kier alpha value is -2.84. The Kier molecular flexibility index (Phi) is 5.34. The summed E-state index contributed by atoms with van der Waals surface area (Å²) in [5.74, 6) is -0.844. The molecule has 0 aliphatic carbocycles. The van der Waals surface area contributed by atoms with Crippen molar-refractivity contribution in [3.8, 4) is 6.07 Å². The molecule has 0 saturated carbocycles. The highest BCUT2D eigenvalue weighted by molar-refractivity contribution is 6.31. The maximum atomic E-state index is 12.4. The molecule has 0 aliphatic heterocycles. The van der Waals surface area contributed by atoms with Crippen molar-refractivity contribution < 1.29 is 9.59 Å². The summed E-state index contributed by atoms with van der Waals surface area (Å²) in [5.41, 5.74) is 2.12. The predicted octanol–water partition coefficient (Wildman–Crippen LogP) is 3.75. The van der Waals surface area contributed by atoms with E-state index in [1.807, 2.05) is 6.92 Å². The monoisotopic (exact) mass is 327 g/mol. The fourth-order valence-electron chi connectivity index (χ4n) is 1.93. The van der Waals surface area contributed by atoms with Gasteiger partial charge in [0.2, 0.25) is 5.91 Å². The summed E-state index contributed by atoms with van der Waals surface area (Å²) in [5, 5.41) is 14.4. The first-order valence-electron chi connectivity index (χ1n) is 6.84. The average Bonchev–Trinajstić information content (AvgIpc) is 2.51. The Balaban J connectivity index is 2.20. The number of anilines is 2. The van der Waals surface area contributed by atoms with E-state index in [-0.39, 0.29) is 12.3 Å². The van der Waals surface area contributed by atoms with Gasteiger partial charge in [0.25, 0.3) is 5.91 Å². The molecule has 0 spiro atoms. The van der Waals surface area contributed by atoms with Crippen LogP contribution in [0, 0.1) is 18.3 Å². The smallest absolute Gasteiger partial charge is 0.257 e. The number of carbonyl (C=O) groups excluding carboxylic acids is 2.